The topological polar surface area (TPSA) is 35.6 Å². The maximum absolute atomic E-state index is 12.3. The first-order valence-electron chi connectivity index (χ1n) is 14.5. The molecule has 0 radical (unpaired) electrons. The second kappa shape index (κ2) is 10.5. The van der Waals surface area contributed by atoms with E-state index in [0.717, 1.165) is 24.9 Å². The van der Waals surface area contributed by atoms with Crippen molar-refractivity contribution in [3.05, 3.63) is 22.3 Å². The quantitative estimate of drug-likeness (QED) is 0.528. The molecule has 1 N–H and O–H groups in total. The molecule has 0 saturated carbocycles. The van der Waals surface area contributed by atoms with Gasteiger partial charge in [-0.25, -0.2) is 0 Å². The molecule has 0 spiro atoms. The lowest BCUT2D eigenvalue weighted by Gasteiger charge is -2.44. The van der Waals surface area contributed by atoms with Crippen molar-refractivity contribution in [3.8, 4) is 0 Å². The third-order valence-electron chi connectivity index (χ3n) is 9.83. The minimum Gasteiger partial charge on any atom is -0.336 e. The summed E-state index contributed by atoms with van der Waals surface area (Å²) in [4.78, 5) is 17.1. The summed E-state index contributed by atoms with van der Waals surface area (Å²) in [6, 6.07) is 2.38. The van der Waals surface area contributed by atoms with Crippen molar-refractivity contribution >= 4 is 5.91 Å². The lowest BCUT2D eigenvalue weighted by atomic mass is 9.74. The van der Waals surface area contributed by atoms with Crippen molar-refractivity contribution in [1.82, 2.24) is 15.1 Å². The summed E-state index contributed by atoms with van der Waals surface area (Å²) >= 11 is 0. The Morgan fingerprint density at radius 1 is 0.853 bits per heavy atom. The highest BCUT2D eigenvalue weighted by Crippen LogP contribution is 2.42. The van der Waals surface area contributed by atoms with Crippen LogP contribution in [-0.4, -0.2) is 60.0 Å². The van der Waals surface area contributed by atoms with Gasteiger partial charge in [0.1, 0.15) is 0 Å². The molecule has 1 amide bonds. The average molecular weight is 468 g/mol. The molecule has 0 bridgehead atoms. The predicted octanol–water partition coefficient (Wildman–Crippen LogP) is 5.84. The number of nitrogens with zero attached hydrogens (tertiary/aromatic N) is 2. The van der Waals surface area contributed by atoms with E-state index in [4.69, 9.17) is 0 Å². The number of carbonyl (C=O) groups excluding carboxylic acids is 1. The number of fused-ring (bicyclic) bond motifs is 2. The van der Waals surface area contributed by atoms with Crippen LogP contribution in [0.1, 0.15) is 104 Å². The van der Waals surface area contributed by atoms with E-state index in [1.165, 1.54) is 83.6 Å². The third-order valence-corrected chi connectivity index (χ3v) is 9.83. The SMILES string of the molecule is CC(=O)N1CCCC2=C(C[C@H]3CCC[C@H](CC4=C5CCCN(C)[C@H]5C[C@@H](C)C4)N3)C[C@H](C)C[C@@H]21. The highest BCUT2D eigenvalue weighted by molar-refractivity contribution is 5.74. The van der Waals surface area contributed by atoms with E-state index < -0.39 is 0 Å². The molecule has 5 aliphatic rings. The summed E-state index contributed by atoms with van der Waals surface area (Å²) in [5.74, 6) is 1.79. The van der Waals surface area contributed by atoms with Crippen LogP contribution in [-0.2, 0) is 4.79 Å². The summed E-state index contributed by atoms with van der Waals surface area (Å²) < 4.78 is 0. The summed E-state index contributed by atoms with van der Waals surface area (Å²) in [7, 11) is 2.35. The lowest BCUT2D eigenvalue weighted by Crippen LogP contribution is -2.48. The van der Waals surface area contributed by atoms with Gasteiger partial charge in [-0.15, -0.1) is 0 Å². The second-order valence-electron chi connectivity index (χ2n) is 12.7. The Balaban J connectivity index is 1.28. The molecule has 3 aliphatic heterocycles. The normalized spacial score (nSPS) is 37.5. The average Bonchev–Trinajstić information content (AvgIpc) is 2.79. The number of hydrogen-bond acceptors (Lipinski definition) is 3. The summed E-state index contributed by atoms with van der Waals surface area (Å²) in [5.41, 5.74) is 6.97. The fourth-order valence-electron chi connectivity index (χ4n) is 8.34. The second-order valence-corrected chi connectivity index (χ2v) is 12.7. The summed E-state index contributed by atoms with van der Waals surface area (Å²) in [6.45, 7) is 8.87. The zero-order valence-corrected chi connectivity index (χ0v) is 22.4. The molecule has 5 rings (SSSR count). The molecule has 3 saturated heterocycles. The van der Waals surface area contributed by atoms with E-state index >= 15 is 0 Å². The molecule has 3 heterocycles. The molecular weight excluding hydrogens is 418 g/mol. The minimum absolute atomic E-state index is 0.273. The number of piperidine rings is 3. The van der Waals surface area contributed by atoms with Crippen LogP contribution in [0, 0.1) is 11.8 Å². The predicted molar refractivity (Wildman–Crippen MR) is 141 cm³/mol. The standard InChI is InChI=1S/C30H49N3O/c1-20-14-23(27-10-6-12-32(4)29(27)16-20)18-25-8-5-9-26(31-25)19-24-15-21(2)17-30-28(24)11-7-13-33(30)22(3)34/h20-21,25-26,29-31H,5-19H2,1-4H3/t20-,21-,25+,26+,29-,30-/m0/s1. The number of likely N-dealkylation sites (N-methyl/N-ethyl adjacent to an activating group) is 1. The molecule has 3 fully saturated rings. The Labute approximate surface area is 208 Å². The monoisotopic (exact) mass is 467 g/mol. The van der Waals surface area contributed by atoms with Crippen LogP contribution in [0.3, 0.4) is 0 Å². The van der Waals surface area contributed by atoms with Crippen molar-refractivity contribution in [3.63, 3.8) is 0 Å². The van der Waals surface area contributed by atoms with Crippen LogP contribution in [0.4, 0.5) is 0 Å². The Kier molecular flexibility index (Phi) is 7.56. The Morgan fingerprint density at radius 3 is 2.03 bits per heavy atom. The fourth-order valence-corrected chi connectivity index (χ4v) is 8.34. The van der Waals surface area contributed by atoms with Gasteiger partial charge in [0.2, 0.25) is 5.91 Å². The van der Waals surface area contributed by atoms with Gasteiger partial charge in [-0.2, -0.15) is 0 Å². The van der Waals surface area contributed by atoms with E-state index in [1.54, 1.807) is 18.1 Å². The third kappa shape index (κ3) is 5.19. The zero-order valence-electron chi connectivity index (χ0n) is 22.4. The van der Waals surface area contributed by atoms with Gasteiger partial charge in [-0.1, -0.05) is 37.0 Å². The van der Waals surface area contributed by atoms with Crippen molar-refractivity contribution in [2.75, 3.05) is 20.1 Å². The van der Waals surface area contributed by atoms with Gasteiger partial charge in [0.25, 0.3) is 0 Å². The largest absolute Gasteiger partial charge is 0.336 e. The van der Waals surface area contributed by atoms with Crippen molar-refractivity contribution < 1.29 is 4.79 Å². The van der Waals surface area contributed by atoms with Gasteiger partial charge < -0.3 is 10.2 Å². The Bertz CT molecular complexity index is 829. The van der Waals surface area contributed by atoms with Gasteiger partial charge in [0.05, 0.1) is 6.04 Å². The summed E-state index contributed by atoms with van der Waals surface area (Å²) in [6.07, 6.45) is 16.7. The first-order valence-corrected chi connectivity index (χ1v) is 14.5. The van der Waals surface area contributed by atoms with E-state index in [1.807, 2.05) is 11.1 Å². The first-order chi connectivity index (χ1) is 16.4. The van der Waals surface area contributed by atoms with Crippen LogP contribution in [0.15, 0.2) is 22.3 Å². The highest BCUT2D eigenvalue weighted by Gasteiger charge is 2.37. The molecule has 190 valence electrons. The first kappa shape index (κ1) is 24.6. The molecular formula is C30H49N3O. The smallest absolute Gasteiger partial charge is 0.219 e. The van der Waals surface area contributed by atoms with Crippen LogP contribution in [0.5, 0.6) is 0 Å². The molecule has 34 heavy (non-hydrogen) atoms. The Hall–Kier alpha value is -1.13. The van der Waals surface area contributed by atoms with Crippen LogP contribution >= 0.6 is 0 Å². The van der Waals surface area contributed by atoms with Crippen LogP contribution in [0.25, 0.3) is 0 Å². The van der Waals surface area contributed by atoms with E-state index in [9.17, 15) is 4.79 Å². The minimum atomic E-state index is 0.273. The van der Waals surface area contributed by atoms with Crippen LogP contribution in [0.2, 0.25) is 0 Å². The molecule has 0 unspecified atom stereocenters. The number of hydrogen-bond donors (Lipinski definition) is 1. The van der Waals surface area contributed by atoms with Crippen molar-refractivity contribution in [2.24, 2.45) is 11.8 Å². The lowest BCUT2D eigenvalue weighted by molar-refractivity contribution is -0.131. The summed E-state index contributed by atoms with van der Waals surface area (Å²) in [5, 5.41) is 4.15. The number of likely N-dealkylation sites (tertiary alicyclic amines) is 2. The maximum Gasteiger partial charge on any atom is 0.219 e. The molecule has 0 aromatic heterocycles. The van der Waals surface area contributed by atoms with E-state index in [-0.39, 0.29) is 5.91 Å². The zero-order chi connectivity index (χ0) is 23.8. The number of amides is 1. The van der Waals surface area contributed by atoms with Gasteiger partial charge in [-0.3, -0.25) is 9.69 Å². The van der Waals surface area contributed by atoms with E-state index in [2.05, 4.69) is 36.0 Å². The molecule has 4 nitrogen and oxygen atoms in total. The molecule has 2 aliphatic carbocycles. The van der Waals surface area contributed by atoms with Crippen LogP contribution < -0.4 is 5.32 Å². The van der Waals surface area contributed by atoms with E-state index in [0.29, 0.717) is 24.0 Å². The Morgan fingerprint density at radius 2 is 1.41 bits per heavy atom. The maximum atomic E-state index is 12.3. The molecule has 6 atom stereocenters. The van der Waals surface area contributed by atoms with Gasteiger partial charge in [-0.05, 0) is 108 Å². The fraction of sp³-hybridized carbons (Fsp3) is 0.833. The van der Waals surface area contributed by atoms with Gasteiger partial charge in [0, 0.05) is 31.6 Å². The van der Waals surface area contributed by atoms with Gasteiger partial charge >= 0.3 is 0 Å². The molecule has 4 heteroatoms. The molecule has 0 aromatic carbocycles. The number of rotatable bonds is 4. The number of carbonyl (C=O) groups is 1. The number of nitrogens with one attached hydrogen (secondary N) is 1. The van der Waals surface area contributed by atoms with Crippen molar-refractivity contribution in [1.29, 1.82) is 0 Å². The highest BCUT2D eigenvalue weighted by atomic mass is 16.2. The van der Waals surface area contributed by atoms with Gasteiger partial charge in [0.15, 0.2) is 0 Å². The molecule has 0 aromatic rings. The van der Waals surface area contributed by atoms with Crippen molar-refractivity contribution in [2.45, 2.75) is 128 Å².